The third-order valence-electron chi connectivity index (χ3n) is 4.72. The van der Waals surface area contributed by atoms with Gasteiger partial charge in [0.1, 0.15) is 0 Å². The summed E-state index contributed by atoms with van der Waals surface area (Å²) in [6.45, 7) is 2.71. The quantitative estimate of drug-likeness (QED) is 0.891. The SMILES string of the molecule is Cl.N[C@@H]1CN(C(=O)c2cc3c(s2)CCOC3)C[C@H]1c1ccccc1. The Bertz CT molecular complexity index is 696. The van der Waals surface area contributed by atoms with Crippen LogP contribution in [0.1, 0.15) is 31.6 Å². The number of likely N-dealkylation sites (tertiary alicyclic amines) is 1. The Kier molecular flexibility index (Phi) is 5.25. The van der Waals surface area contributed by atoms with E-state index < -0.39 is 0 Å². The van der Waals surface area contributed by atoms with E-state index in [2.05, 4.69) is 12.1 Å². The van der Waals surface area contributed by atoms with E-state index >= 15 is 0 Å². The van der Waals surface area contributed by atoms with Crippen molar-refractivity contribution in [3.8, 4) is 0 Å². The van der Waals surface area contributed by atoms with Crippen LogP contribution in [0.3, 0.4) is 0 Å². The highest BCUT2D eigenvalue weighted by Crippen LogP contribution is 2.31. The van der Waals surface area contributed by atoms with Gasteiger partial charge in [0.2, 0.25) is 0 Å². The number of fused-ring (bicyclic) bond motifs is 1. The molecule has 4 rings (SSSR count). The Morgan fingerprint density at radius 1 is 1.25 bits per heavy atom. The average Bonchev–Trinajstić information content (AvgIpc) is 3.18. The zero-order valence-corrected chi connectivity index (χ0v) is 14.9. The van der Waals surface area contributed by atoms with E-state index in [-0.39, 0.29) is 30.3 Å². The molecular formula is C18H21ClN2O2S. The van der Waals surface area contributed by atoms with Crippen LogP contribution in [-0.4, -0.2) is 36.5 Å². The van der Waals surface area contributed by atoms with Crippen molar-refractivity contribution in [3.63, 3.8) is 0 Å². The number of thiophene rings is 1. The Labute approximate surface area is 152 Å². The Morgan fingerprint density at radius 2 is 2.04 bits per heavy atom. The second-order valence-electron chi connectivity index (χ2n) is 6.25. The van der Waals surface area contributed by atoms with Crippen LogP contribution >= 0.6 is 23.7 Å². The molecule has 0 bridgehead atoms. The van der Waals surface area contributed by atoms with Crippen LogP contribution in [-0.2, 0) is 17.8 Å². The van der Waals surface area contributed by atoms with E-state index in [1.165, 1.54) is 16.0 Å². The highest BCUT2D eigenvalue weighted by Gasteiger charge is 2.35. The van der Waals surface area contributed by atoms with E-state index in [1.807, 2.05) is 29.2 Å². The molecule has 2 aromatic rings. The number of hydrogen-bond donors (Lipinski definition) is 1. The first kappa shape index (κ1) is 17.4. The molecule has 0 radical (unpaired) electrons. The van der Waals surface area contributed by atoms with Crippen molar-refractivity contribution in [3.05, 3.63) is 57.3 Å². The molecule has 6 heteroatoms. The minimum Gasteiger partial charge on any atom is -0.376 e. The summed E-state index contributed by atoms with van der Waals surface area (Å²) in [4.78, 5) is 16.8. The van der Waals surface area contributed by atoms with Gasteiger partial charge in [-0.15, -0.1) is 23.7 Å². The van der Waals surface area contributed by atoms with E-state index in [0.717, 1.165) is 17.9 Å². The van der Waals surface area contributed by atoms with Gasteiger partial charge < -0.3 is 15.4 Å². The van der Waals surface area contributed by atoms with Crippen LogP contribution in [0.4, 0.5) is 0 Å². The average molecular weight is 365 g/mol. The van der Waals surface area contributed by atoms with Crippen LogP contribution < -0.4 is 5.73 Å². The van der Waals surface area contributed by atoms with Crippen molar-refractivity contribution >= 4 is 29.7 Å². The Balaban J connectivity index is 0.00000169. The first-order chi connectivity index (χ1) is 11.2. The summed E-state index contributed by atoms with van der Waals surface area (Å²) in [6, 6.07) is 12.3. The van der Waals surface area contributed by atoms with Crippen molar-refractivity contribution in [2.45, 2.75) is 25.0 Å². The number of nitrogens with two attached hydrogens (primary N) is 1. The predicted molar refractivity (Wildman–Crippen MR) is 98.0 cm³/mol. The van der Waals surface area contributed by atoms with E-state index in [0.29, 0.717) is 19.7 Å². The van der Waals surface area contributed by atoms with Crippen LogP contribution in [0.2, 0.25) is 0 Å². The largest absolute Gasteiger partial charge is 0.376 e. The van der Waals surface area contributed by atoms with Gasteiger partial charge >= 0.3 is 0 Å². The number of nitrogens with zero attached hydrogens (tertiary/aromatic N) is 1. The fourth-order valence-corrected chi connectivity index (χ4v) is 4.57. The van der Waals surface area contributed by atoms with Gasteiger partial charge in [-0.3, -0.25) is 4.79 Å². The molecule has 2 N–H and O–H groups in total. The molecule has 0 spiro atoms. The zero-order valence-electron chi connectivity index (χ0n) is 13.3. The monoisotopic (exact) mass is 364 g/mol. The van der Waals surface area contributed by atoms with Gasteiger partial charge in [-0.1, -0.05) is 30.3 Å². The summed E-state index contributed by atoms with van der Waals surface area (Å²) >= 11 is 1.62. The lowest BCUT2D eigenvalue weighted by Crippen LogP contribution is -2.31. The van der Waals surface area contributed by atoms with Gasteiger partial charge in [0.15, 0.2) is 0 Å². The van der Waals surface area contributed by atoms with Crippen molar-refractivity contribution in [1.29, 1.82) is 0 Å². The lowest BCUT2D eigenvalue weighted by Gasteiger charge is -2.15. The van der Waals surface area contributed by atoms with E-state index in [1.54, 1.807) is 11.3 Å². The number of rotatable bonds is 2. The normalized spacial score (nSPS) is 22.8. The first-order valence-corrected chi connectivity index (χ1v) is 8.83. The van der Waals surface area contributed by atoms with Crippen molar-refractivity contribution in [2.24, 2.45) is 5.73 Å². The van der Waals surface area contributed by atoms with Gasteiger partial charge in [0, 0.05) is 36.3 Å². The number of hydrogen-bond acceptors (Lipinski definition) is 4. The van der Waals surface area contributed by atoms with Crippen LogP contribution in [0.25, 0.3) is 0 Å². The molecule has 128 valence electrons. The molecule has 1 saturated heterocycles. The topological polar surface area (TPSA) is 55.6 Å². The molecule has 2 aliphatic heterocycles. The lowest BCUT2D eigenvalue weighted by molar-refractivity contribution is 0.0793. The molecule has 0 saturated carbocycles. The molecule has 1 aromatic carbocycles. The Hall–Kier alpha value is -1.40. The van der Waals surface area contributed by atoms with Gasteiger partial charge in [-0.05, 0) is 17.2 Å². The molecule has 1 amide bonds. The highest BCUT2D eigenvalue weighted by molar-refractivity contribution is 7.14. The molecular weight excluding hydrogens is 344 g/mol. The molecule has 2 atom stereocenters. The number of amides is 1. The number of carbonyl (C=O) groups excluding carboxylic acids is 1. The maximum absolute atomic E-state index is 12.8. The number of halogens is 1. The third-order valence-corrected chi connectivity index (χ3v) is 5.94. The molecule has 0 unspecified atom stereocenters. The summed E-state index contributed by atoms with van der Waals surface area (Å²) in [5.41, 5.74) is 8.69. The van der Waals surface area contributed by atoms with Gasteiger partial charge in [-0.25, -0.2) is 0 Å². The third kappa shape index (κ3) is 3.22. The summed E-state index contributed by atoms with van der Waals surface area (Å²) in [7, 11) is 0. The number of ether oxygens (including phenoxy) is 1. The molecule has 1 aromatic heterocycles. The second-order valence-corrected chi connectivity index (χ2v) is 7.39. The Morgan fingerprint density at radius 3 is 2.79 bits per heavy atom. The first-order valence-electron chi connectivity index (χ1n) is 8.01. The van der Waals surface area contributed by atoms with Crippen molar-refractivity contribution in [2.75, 3.05) is 19.7 Å². The molecule has 3 heterocycles. The van der Waals surface area contributed by atoms with Crippen LogP contribution in [0, 0.1) is 0 Å². The van der Waals surface area contributed by atoms with E-state index in [4.69, 9.17) is 10.5 Å². The maximum Gasteiger partial charge on any atom is 0.264 e. The molecule has 24 heavy (non-hydrogen) atoms. The number of benzene rings is 1. The van der Waals surface area contributed by atoms with Gasteiger partial charge in [0.25, 0.3) is 5.91 Å². The molecule has 2 aliphatic rings. The van der Waals surface area contributed by atoms with Crippen LogP contribution in [0.15, 0.2) is 36.4 Å². The lowest BCUT2D eigenvalue weighted by atomic mass is 9.95. The maximum atomic E-state index is 12.8. The smallest absolute Gasteiger partial charge is 0.264 e. The van der Waals surface area contributed by atoms with Crippen molar-refractivity contribution < 1.29 is 9.53 Å². The fourth-order valence-electron chi connectivity index (χ4n) is 3.46. The molecule has 0 aliphatic carbocycles. The fraction of sp³-hybridized carbons (Fsp3) is 0.389. The minimum atomic E-state index is -0.000676. The summed E-state index contributed by atoms with van der Waals surface area (Å²) in [5, 5.41) is 0. The predicted octanol–water partition coefficient (Wildman–Crippen LogP) is 2.81. The van der Waals surface area contributed by atoms with Crippen molar-refractivity contribution in [1.82, 2.24) is 4.90 Å². The van der Waals surface area contributed by atoms with E-state index in [9.17, 15) is 4.79 Å². The zero-order chi connectivity index (χ0) is 15.8. The second kappa shape index (κ2) is 7.23. The van der Waals surface area contributed by atoms with Crippen LogP contribution in [0.5, 0.6) is 0 Å². The van der Waals surface area contributed by atoms with Gasteiger partial charge in [-0.2, -0.15) is 0 Å². The summed E-state index contributed by atoms with van der Waals surface area (Å²) < 4.78 is 5.47. The minimum absolute atomic E-state index is 0. The molecule has 1 fully saturated rings. The molecule has 4 nitrogen and oxygen atoms in total. The van der Waals surface area contributed by atoms with Gasteiger partial charge in [0.05, 0.1) is 18.1 Å². The summed E-state index contributed by atoms with van der Waals surface area (Å²) in [6.07, 6.45) is 0.916. The standard InChI is InChI=1S/C18H20N2O2S.ClH/c19-15-10-20(9-14(15)12-4-2-1-3-5-12)18(21)17-8-13-11-22-7-6-16(13)23-17;/h1-5,8,14-15H,6-7,9-11,19H2;1H/t14-,15+;/m0./s1. The number of carbonyl (C=O) groups is 1. The highest BCUT2D eigenvalue weighted by atomic mass is 35.5. The summed E-state index contributed by atoms with van der Waals surface area (Å²) in [5.74, 6) is 0.330.